The third-order valence-corrected chi connectivity index (χ3v) is 3.19. The first kappa shape index (κ1) is 10.1. The number of hydrogen-bond acceptors (Lipinski definition) is 4. The summed E-state index contributed by atoms with van der Waals surface area (Å²) in [5, 5.41) is 0.568. The van der Waals surface area contributed by atoms with Crippen LogP contribution in [0.25, 0.3) is 0 Å². The van der Waals surface area contributed by atoms with Crippen LogP contribution in [0.2, 0.25) is 5.02 Å². The molecule has 1 unspecified atom stereocenters. The molecule has 1 aromatic rings. The molecule has 0 spiro atoms. The molecule has 1 saturated heterocycles. The first-order valence-electron chi connectivity index (χ1n) is 4.47. The summed E-state index contributed by atoms with van der Waals surface area (Å²) in [6.45, 7) is 0.629. The highest BCUT2D eigenvalue weighted by Crippen LogP contribution is 2.21. The number of halogens is 1. The van der Waals surface area contributed by atoms with Gasteiger partial charge in [0.1, 0.15) is 11.6 Å². The average molecular weight is 231 g/mol. The van der Waals surface area contributed by atoms with E-state index in [0.29, 0.717) is 23.6 Å². The second-order valence-corrected chi connectivity index (χ2v) is 4.39. The van der Waals surface area contributed by atoms with Crippen molar-refractivity contribution in [3.05, 3.63) is 23.4 Å². The predicted octanol–water partition coefficient (Wildman–Crippen LogP) is 2.12. The molecular formula is C9H11ClN2OS. The second-order valence-electron chi connectivity index (χ2n) is 3.05. The van der Waals surface area contributed by atoms with Gasteiger partial charge in [-0.1, -0.05) is 23.5 Å². The van der Waals surface area contributed by atoms with Crippen LogP contribution in [0, 0.1) is 0 Å². The Hall–Kier alpha value is -0.450. The van der Waals surface area contributed by atoms with Gasteiger partial charge in [0, 0.05) is 11.9 Å². The summed E-state index contributed by atoms with van der Waals surface area (Å²) >= 11 is 7.63. The summed E-state index contributed by atoms with van der Waals surface area (Å²) < 4.78 is 8.77. The van der Waals surface area contributed by atoms with Gasteiger partial charge < -0.3 is 4.74 Å². The van der Waals surface area contributed by atoms with Gasteiger partial charge in [-0.15, -0.1) is 0 Å². The van der Waals surface area contributed by atoms with E-state index in [1.54, 1.807) is 30.3 Å². The van der Waals surface area contributed by atoms with Gasteiger partial charge in [-0.25, -0.2) is 4.98 Å². The number of ether oxygens (including phenoxy) is 1. The highest BCUT2D eigenvalue weighted by atomic mass is 35.5. The van der Waals surface area contributed by atoms with E-state index >= 15 is 0 Å². The lowest BCUT2D eigenvalue weighted by Crippen LogP contribution is -2.25. The molecule has 14 heavy (non-hydrogen) atoms. The number of nitrogens with one attached hydrogen (secondary N) is 1. The van der Waals surface area contributed by atoms with Gasteiger partial charge >= 0.3 is 0 Å². The zero-order valence-electron chi connectivity index (χ0n) is 7.57. The second kappa shape index (κ2) is 4.87. The minimum Gasteiger partial charge on any atom is -0.475 e. The molecule has 0 bridgehead atoms. The largest absolute Gasteiger partial charge is 0.475 e. The molecule has 1 atom stereocenters. The van der Waals surface area contributed by atoms with Gasteiger partial charge in [0.25, 0.3) is 0 Å². The van der Waals surface area contributed by atoms with E-state index in [9.17, 15) is 0 Å². The monoisotopic (exact) mass is 230 g/mol. The molecule has 0 aliphatic carbocycles. The summed E-state index contributed by atoms with van der Waals surface area (Å²) in [6.07, 6.45) is 2.81. The first-order valence-corrected chi connectivity index (χ1v) is 5.83. The van der Waals surface area contributed by atoms with Crippen molar-refractivity contribution >= 4 is 23.5 Å². The molecule has 1 aliphatic heterocycles. The van der Waals surface area contributed by atoms with Crippen molar-refractivity contribution in [2.75, 3.05) is 12.4 Å². The molecule has 0 radical (unpaired) electrons. The Morgan fingerprint density at radius 3 is 3.36 bits per heavy atom. The number of hydrogen-bond donors (Lipinski definition) is 1. The van der Waals surface area contributed by atoms with Crippen molar-refractivity contribution in [1.82, 2.24) is 9.71 Å². The standard InChI is InChI=1S/C9H11ClN2OS/c10-8-2-1-4-11-9(8)13-6-7-3-5-14-12-7/h1-2,4,7,12H,3,5-6H2. The fraction of sp³-hybridized carbons (Fsp3) is 0.444. The van der Waals surface area contributed by atoms with Gasteiger partial charge in [0.2, 0.25) is 5.88 Å². The zero-order valence-corrected chi connectivity index (χ0v) is 9.14. The van der Waals surface area contributed by atoms with E-state index in [1.807, 2.05) is 0 Å². The van der Waals surface area contributed by atoms with Crippen molar-refractivity contribution in [2.45, 2.75) is 12.5 Å². The number of nitrogens with zero attached hydrogens (tertiary/aromatic N) is 1. The summed E-state index contributed by atoms with van der Waals surface area (Å²) in [5.41, 5.74) is 0. The smallest absolute Gasteiger partial charge is 0.232 e. The molecule has 1 fully saturated rings. The van der Waals surface area contributed by atoms with Crippen LogP contribution in [0.3, 0.4) is 0 Å². The predicted molar refractivity (Wildman–Crippen MR) is 58.7 cm³/mol. The van der Waals surface area contributed by atoms with Crippen LogP contribution in [0.15, 0.2) is 18.3 Å². The van der Waals surface area contributed by atoms with Crippen molar-refractivity contribution < 1.29 is 4.74 Å². The molecule has 0 aromatic carbocycles. The van der Waals surface area contributed by atoms with Gasteiger partial charge in [0.05, 0.1) is 6.04 Å². The molecule has 1 aromatic heterocycles. The zero-order chi connectivity index (χ0) is 9.80. The third-order valence-electron chi connectivity index (χ3n) is 1.96. The molecule has 76 valence electrons. The number of aromatic nitrogens is 1. The lowest BCUT2D eigenvalue weighted by molar-refractivity contribution is 0.273. The van der Waals surface area contributed by atoms with Crippen molar-refractivity contribution in [3.63, 3.8) is 0 Å². The minimum atomic E-state index is 0.415. The van der Waals surface area contributed by atoms with Gasteiger partial charge in [-0.2, -0.15) is 0 Å². The highest BCUT2D eigenvalue weighted by molar-refractivity contribution is 7.97. The maximum absolute atomic E-state index is 5.90. The number of pyridine rings is 1. The Morgan fingerprint density at radius 1 is 1.71 bits per heavy atom. The molecule has 0 amide bonds. The lowest BCUT2D eigenvalue weighted by atomic mass is 10.3. The van der Waals surface area contributed by atoms with Crippen LogP contribution in [0.5, 0.6) is 5.88 Å². The SMILES string of the molecule is Clc1cccnc1OCC1CCSN1. The van der Waals surface area contributed by atoms with E-state index < -0.39 is 0 Å². The van der Waals surface area contributed by atoms with Crippen molar-refractivity contribution in [3.8, 4) is 5.88 Å². The van der Waals surface area contributed by atoms with E-state index in [0.717, 1.165) is 12.2 Å². The van der Waals surface area contributed by atoms with Crippen LogP contribution in [-0.4, -0.2) is 23.4 Å². The Bertz CT molecular complexity index is 305. The van der Waals surface area contributed by atoms with Crippen LogP contribution in [0.1, 0.15) is 6.42 Å². The van der Waals surface area contributed by atoms with Crippen LogP contribution < -0.4 is 9.46 Å². The fourth-order valence-corrected chi connectivity index (χ4v) is 2.33. The fourth-order valence-electron chi connectivity index (χ4n) is 1.21. The molecule has 1 aliphatic rings. The lowest BCUT2D eigenvalue weighted by Gasteiger charge is -2.10. The topological polar surface area (TPSA) is 34.1 Å². The van der Waals surface area contributed by atoms with Crippen LogP contribution in [-0.2, 0) is 0 Å². The molecule has 2 heterocycles. The maximum atomic E-state index is 5.90. The van der Waals surface area contributed by atoms with Crippen molar-refractivity contribution in [2.24, 2.45) is 0 Å². The highest BCUT2D eigenvalue weighted by Gasteiger charge is 2.15. The summed E-state index contributed by atoms with van der Waals surface area (Å²) in [5.74, 6) is 1.66. The van der Waals surface area contributed by atoms with Crippen molar-refractivity contribution in [1.29, 1.82) is 0 Å². The normalized spacial score (nSPS) is 21.1. The Balaban J connectivity index is 1.88. The van der Waals surface area contributed by atoms with Crippen LogP contribution >= 0.6 is 23.5 Å². The molecule has 2 rings (SSSR count). The quantitative estimate of drug-likeness (QED) is 0.807. The molecular weight excluding hydrogens is 220 g/mol. The Kier molecular flexibility index (Phi) is 3.50. The molecule has 0 saturated carbocycles. The van der Waals surface area contributed by atoms with E-state index in [4.69, 9.17) is 16.3 Å². The maximum Gasteiger partial charge on any atom is 0.232 e. The number of rotatable bonds is 3. The minimum absolute atomic E-state index is 0.415. The van der Waals surface area contributed by atoms with Gasteiger partial charge in [-0.05, 0) is 18.6 Å². The molecule has 3 nitrogen and oxygen atoms in total. The summed E-state index contributed by atoms with van der Waals surface area (Å²) in [4.78, 5) is 4.05. The first-order chi connectivity index (χ1) is 6.86. The van der Waals surface area contributed by atoms with E-state index in [1.165, 1.54) is 0 Å². The summed E-state index contributed by atoms with van der Waals surface area (Å²) in [6, 6.07) is 3.98. The third kappa shape index (κ3) is 2.53. The van der Waals surface area contributed by atoms with E-state index in [2.05, 4.69) is 9.71 Å². The average Bonchev–Trinajstić information content (AvgIpc) is 2.69. The Morgan fingerprint density at radius 2 is 2.64 bits per heavy atom. The summed E-state index contributed by atoms with van der Waals surface area (Å²) in [7, 11) is 0. The van der Waals surface area contributed by atoms with Gasteiger partial charge in [-0.3, -0.25) is 4.72 Å². The molecule has 1 N–H and O–H groups in total. The molecule has 5 heteroatoms. The van der Waals surface area contributed by atoms with Gasteiger partial charge in [0.15, 0.2) is 0 Å². The van der Waals surface area contributed by atoms with Crippen LogP contribution in [0.4, 0.5) is 0 Å². The Labute approximate surface area is 92.3 Å². The van der Waals surface area contributed by atoms with E-state index in [-0.39, 0.29) is 0 Å².